The van der Waals surface area contributed by atoms with Gasteiger partial charge in [0.2, 0.25) is 0 Å². The molecule has 0 aliphatic rings. The van der Waals surface area contributed by atoms with E-state index in [0.717, 1.165) is 11.1 Å². The van der Waals surface area contributed by atoms with Crippen LogP contribution in [0, 0.1) is 0 Å². The van der Waals surface area contributed by atoms with Gasteiger partial charge in [0.15, 0.2) is 0 Å². The molecule has 0 fully saturated rings. The van der Waals surface area contributed by atoms with Crippen LogP contribution in [0.25, 0.3) is 0 Å². The zero-order valence-electron chi connectivity index (χ0n) is 10.4. The highest BCUT2D eigenvalue weighted by Gasteiger charge is 2.11. The molecule has 0 saturated carbocycles. The number of halogens is 1. The first kappa shape index (κ1) is 13.9. The summed E-state index contributed by atoms with van der Waals surface area (Å²) >= 11 is 5.87. The van der Waals surface area contributed by atoms with Gasteiger partial charge in [-0.2, -0.15) is 0 Å². The van der Waals surface area contributed by atoms with Crippen LogP contribution in [0.5, 0.6) is 5.75 Å². The van der Waals surface area contributed by atoms with E-state index in [-0.39, 0.29) is 23.4 Å². The smallest absolute Gasteiger partial charge is 0.134 e. The maximum absolute atomic E-state index is 9.45. The molecule has 0 aromatic heterocycles. The van der Waals surface area contributed by atoms with Gasteiger partial charge in [-0.3, -0.25) is 0 Å². The number of aliphatic hydroxyl groups is 1. The third-order valence-electron chi connectivity index (χ3n) is 2.95. The van der Waals surface area contributed by atoms with E-state index in [1.54, 1.807) is 12.1 Å². The van der Waals surface area contributed by atoms with Crippen LogP contribution in [0.15, 0.2) is 48.5 Å². The quantitative estimate of drug-likeness (QED) is 0.788. The van der Waals surface area contributed by atoms with Crippen molar-refractivity contribution in [3.63, 3.8) is 0 Å². The van der Waals surface area contributed by atoms with Crippen LogP contribution in [0.2, 0.25) is 5.02 Å². The number of benzene rings is 2. The molecule has 0 heterocycles. The van der Waals surface area contributed by atoms with Gasteiger partial charge >= 0.3 is 0 Å². The summed E-state index contributed by atoms with van der Waals surface area (Å²) in [7, 11) is 0. The van der Waals surface area contributed by atoms with Gasteiger partial charge in [0, 0.05) is 6.54 Å². The Morgan fingerprint density at radius 2 is 1.84 bits per heavy atom. The SMILES string of the molecule is OCC(NCc1ccccc1)c1ccc(O)c(Cl)c1. The Morgan fingerprint density at radius 1 is 1.11 bits per heavy atom. The van der Waals surface area contributed by atoms with E-state index < -0.39 is 0 Å². The van der Waals surface area contributed by atoms with Gasteiger partial charge in [0.05, 0.1) is 17.7 Å². The van der Waals surface area contributed by atoms with Crippen molar-refractivity contribution in [1.29, 1.82) is 0 Å². The highest BCUT2D eigenvalue weighted by molar-refractivity contribution is 6.32. The minimum absolute atomic E-state index is 0.0338. The van der Waals surface area contributed by atoms with Crippen molar-refractivity contribution in [3.05, 3.63) is 64.7 Å². The number of rotatable bonds is 5. The number of phenolic OH excluding ortho intramolecular Hbond substituents is 1. The highest BCUT2D eigenvalue weighted by Crippen LogP contribution is 2.26. The lowest BCUT2D eigenvalue weighted by Crippen LogP contribution is -2.23. The average Bonchev–Trinajstić information content (AvgIpc) is 2.44. The topological polar surface area (TPSA) is 52.5 Å². The van der Waals surface area contributed by atoms with Crippen LogP contribution in [-0.4, -0.2) is 16.8 Å². The summed E-state index contributed by atoms with van der Waals surface area (Å²) in [4.78, 5) is 0. The van der Waals surface area contributed by atoms with E-state index in [0.29, 0.717) is 6.54 Å². The third-order valence-corrected chi connectivity index (χ3v) is 3.25. The Hall–Kier alpha value is -1.55. The highest BCUT2D eigenvalue weighted by atomic mass is 35.5. The predicted octanol–water partition coefficient (Wildman–Crippen LogP) is 2.87. The molecule has 0 aliphatic heterocycles. The number of phenols is 1. The van der Waals surface area contributed by atoms with E-state index in [4.69, 9.17) is 11.6 Å². The number of hydrogen-bond acceptors (Lipinski definition) is 3. The standard InChI is InChI=1S/C15H16ClNO2/c16-13-8-12(6-7-15(13)19)14(10-18)17-9-11-4-2-1-3-5-11/h1-8,14,17-19H,9-10H2. The number of aliphatic hydroxyl groups excluding tert-OH is 1. The second-order valence-corrected chi connectivity index (χ2v) is 4.72. The summed E-state index contributed by atoms with van der Waals surface area (Å²) in [6.07, 6.45) is 0. The molecule has 2 rings (SSSR count). The number of hydrogen-bond donors (Lipinski definition) is 3. The Kier molecular flexibility index (Phi) is 4.80. The molecule has 0 radical (unpaired) electrons. The molecule has 2 aromatic rings. The summed E-state index contributed by atoms with van der Waals surface area (Å²) in [5, 5.41) is 22.4. The Bertz CT molecular complexity index is 531. The largest absolute Gasteiger partial charge is 0.506 e. The molecule has 100 valence electrons. The number of aromatic hydroxyl groups is 1. The van der Waals surface area contributed by atoms with Gasteiger partial charge in [-0.1, -0.05) is 48.0 Å². The van der Waals surface area contributed by atoms with Crippen LogP contribution in [-0.2, 0) is 6.54 Å². The monoisotopic (exact) mass is 277 g/mol. The zero-order valence-corrected chi connectivity index (χ0v) is 11.1. The lowest BCUT2D eigenvalue weighted by molar-refractivity contribution is 0.243. The molecule has 19 heavy (non-hydrogen) atoms. The Labute approximate surface area is 117 Å². The molecule has 1 unspecified atom stereocenters. The third kappa shape index (κ3) is 3.70. The number of nitrogens with one attached hydrogen (secondary N) is 1. The second-order valence-electron chi connectivity index (χ2n) is 4.31. The first-order valence-corrected chi connectivity index (χ1v) is 6.45. The van der Waals surface area contributed by atoms with Crippen molar-refractivity contribution in [2.75, 3.05) is 6.61 Å². The summed E-state index contributed by atoms with van der Waals surface area (Å²) in [6, 6.07) is 14.7. The minimum atomic E-state index is -0.210. The van der Waals surface area contributed by atoms with E-state index in [2.05, 4.69) is 5.32 Å². The van der Waals surface area contributed by atoms with Crippen molar-refractivity contribution < 1.29 is 10.2 Å². The predicted molar refractivity (Wildman–Crippen MR) is 76.2 cm³/mol. The molecule has 2 aromatic carbocycles. The van der Waals surface area contributed by atoms with Gasteiger partial charge in [-0.25, -0.2) is 0 Å². The van der Waals surface area contributed by atoms with Gasteiger partial charge in [0.1, 0.15) is 5.75 Å². The summed E-state index contributed by atoms with van der Waals surface area (Å²) < 4.78 is 0. The fraction of sp³-hybridized carbons (Fsp3) is 0.200. The lowest BCUT2D eigenvalue weighted by Gasteiger charge is -2.17. The van der Waals surface area contributed by atoms with E-state index in [1.807, 2.05) is 30.3 Å². The molecule has 4 heteroatoms. The minimum Gasteiger partial charge on any atom is -0.506 e. The molecule has 0 spiro atoms. The average molecular weight is 278 g/mol. The van der Waals surface area contributed by atoms with E-state index in [1.165, 1.54) is 6.07 Å². The van der Waals surface area contributed by atoms with Crippen molar-refractivity contribution in [2.24, 2.45) is 0 Å². The fourth-order valence-corrected chi connectivity index (χ4v) is 2.05. The van der Waals surface area contributed by atoms with Crippen molar-refractivity contribution in [3.8, 4) is 5.75 Å². The van der Waals surface area contributed by atoms with Gasteiger partial charge in [-0.05, 0) is 23.3 Å². The first-order valence-electron chi connectivity index (χ1n) is 6.07. The molecule has 0 saturated heterocycles. The molecule has 3 N–H and O–H groups in total. The molecule has 1 atom stereocenters. The second kappa shape index (κ2) is 6.57. The van der Waals surface area contributed by atoms with Gasteiger partial charge < -0.3 is 15.5 Å². The Morgan fingerprint density at radius 3 is 2.47 bits per heavy atom. The first-order chi connectivity index (χ1) is 9.20. The molecule has 0 aliphatic carbocycles. The molecular formula is C15H16ClNO2. The molecule has 0 bridgehead atoms. The van der Waals surface area contributed by atoms with Crippen LogP contribution in [0.1, 0.15) is 17.2 Å². The maximum Gasteiger partial charge on any atom is 0.134 e. The van der Waals surface area contributed by atoms with E-state index >= 15 is 0 Å². The van der Waals surface area contributed by atoms with Crippen LogP contribution in [0.3, 0.4) is 0 Å². The van der Waals surface area contributed by atoms with Gasteiger partial charge in [-0.15, -0.1) is 0 Å². The van der Waals surface area contributed by atoms with E-state index in [9.17, 15) is 10.2 Å². The molecule has 0 amide bonds. The van der Waals surface area contributed by atoms with Crippen molar-refractivity contribution in [2.45, 2.75) is 12.6 Å². The fourth-order valence-electron chi connectivity index (χ4n) is 1.86. The molecular weight excluding hydrogens is 262 g/mol. The van der Waals surface area contributed by atoms with Crippen LogP contribution >= 0.6 is 11.6 Å². The lowest BCUT2D eigenvalue weighted by atomic mass is 10.1. The Balaban J connectivity index is 2.05. The summed E-state index contributed by atoms with van der Waals surface area (Å²) in [5.41, 5.74) is 1.99. The maximum atomic E-state index is 9.45. The molecule has 3 nitrogen and oxygen atoms in total. The summed E-state index contributed by atoms with van der Waals surface area (Å²) in [6.45, 7) is 0.624. The van der Waals surface area contributed by atoms with Gasteiger partial charge in [0.25, 0.3) is 0 Å². The normalized spacial score (nSPS) is 12.3. The van der Waals surface area contributed by atoms with Crippen molar-refractivity contribution >= 4 is 11.6 Å². The van der Waals surface area contributed by atoms with Crippen LogP contribution < -0.4 is 5.32 Å². The summed E-state index contributed by atoms with van der Waals surface area (Å²) in [5.74, 6) is 0.0464. The van der Waals surface area contributed by atoms with Crippen molar-refractivity contribution in [1.82, 2.24) is 5.32 Å². The van der Waals surface area contributed by atoms with Crippen LogP contribution in [0.4, 0.5) is 0 Å². The zero-order chi connectivity index (χ0) is 13.7.